The molecule has 0 radical (unpaired) electrons. The third kappa shape index (κ3) is 3.81. The molecule has 4 aliphatic rings. The van der Waals surface area contributed by atoms with Gasteiger partial charge in [0.25, 0.3) is 11.6 Å². The topological polar surface area (TPSA) is 96.4 Å². The fraction of sp³-hybridized carbons (Fsp3) is 0.737. The molecule has 3 aliphatic heterocycles. The third-order valence-corrected chi connectivity index (χ3v) is 7.32. The van der Waals surface area contributed by atoms with Crippen molar-refractivity contribution in [3.05, 3.63) is 23.9 Å². The van der Waals surface area contributed by atoms with Crippen molar-refractivity contribution in [1.82, 2.24) is 39.6 Å². The van der Waals surface area contributed by atoms with Gasteiger partial charge in [0.15, 0.2) is 0 Å². The van der Waals surface area contributed by atoms with Crippen LogP contribution in [0.25, 0.3) is 0 Å². The molecule has 0 aromatic carbocycles. The summed E-state index contributed by atoms with van der Waals surface area (Å²) in [5, 5.41) is 6.48. The van der Waals surface area contributed by atoms with E-state index in [1.165, 1.54) is 4.68 Å². The van der Waals surface area contributed by atoms with Crippen molar-refractivity contribution in [2.75, 3.05) is 39.3 Å². The summed E-state index contributed by atoms with van der Waals surface area (Å²) in [5.41, 5.74) is -0.129. The van der Waals surface area contributed by atoms with Crippen molar-refractivity contribution in [2.45, 2.75) is 37.8 Å². The number of nitrogens with zero attached hydrogens (tertiary/aromatic N) is 8. The zero-order valence-corrected chi connectivity index (χ0v) is 18.2. The molecular weight excluding hydrogens is 486 g/mol. The molecule has 2 amide bonds. The van der Waals surface area contributed by atoms with Crippen LogP contribution in [-0.4, -0.2) is 84.9 Å². The summed E-state index contributed by atoms with van der Waals surface area (Å²) in [4.78, 5) is 24.8. The first-order valence-electron chi connectivity index (χ1n) is 11.0. The van der Waals surface area contributed by atoms with E-state index < -0.39 is 24.0 Å². The van der Waals surface area contributed by atoms with E-state index in [9.17, 15) is 31.1 Å². The van der Waals surface area contributed by atoms with Gasteiger partial charge in [-0.2, -0.15) is 31.3 Å². The van der Waals surface area contributed by atoms with Gasteiger partial charge in [-0.15, -0.1) is 5.10 Å². The molecule has 3 saturated heterocycles. The second-order valence-corrected chi connectivity index (χ2v) is 10.3. The maximum atomic E-state index is 12.7. The van der Waals surface area contributed by atoms with Crippen LogP contribution in [-0.2, 0) is 18.9 Å². The van der Waals surface area contributed by atoms with E-state index in [0.29, 0.717) is 52.1 Å². The van der Waals surface area contributed by atoms with Gasteiger partial charge in [-0.25, -0.2) is 14.5 Å². The average Bonchev–Trinajstić information content (AvgIpc) is 3.29. The maximum Gasteiger partial charge on any atom is 0.455 e. The van der Waals surface area contributed by atoms with Crippen LogP contribution in [0.15, 0.2) is 10.9 Å². The number of alkyl halides is 6. The van der Waals surface area contributed by atoms with Crippen LogP contribution < -0.4 is 0 Å². The van der Waals surface area contributed by atoms with Gasteiger partial charge in [-0.3, -0.25) is 4.90 Å². The van der Waals surface area contributed by atoms with E-state index in [1.54, 1.807) is 9.80 Å². The van der Waals surface area contributed by atoms with E-state index in [1.807, 2.05) is 4.90 Å². The lowest BCUT2D eigenvalue weighted by Crippen LogP contribution is -2.75. The number of urea groups is 1. The molecule has 190 valence electrons. The predicted molar refractivity (Wildman–Crippen MR) is 101 cm³/mol. The zero-order valence-electron chi connectivity index (χ0n) is 18.2. The van der Waals surface area contributed by atoms with Gasteiger partial charge >= 0.3 is 18.4 Å². The summed E-state index contributed by atoms with van der Waals surface area (Å²) < 4.78 is 81.7. The Morgan fingerprint density at radius 1 is 0.943 bits per heavy atom. The molecule has 16 heteroatoms. The molecule has 2 spiro atoms. The number of aromatic nitrogens is 5. The first kappa shape index (κ1) is 22.5. The van der Waals surface area contributed by atoms with E-state index in [0.717, 1.165) is 6.33 Å². The lowest BCUT2D eigenvalue weighted by Gasteiger charge is -2.63. The quantitative estimate of drug-likeness (QED) is 0.590. The van der Waals surface area contributed by atoms with Gasteiger partial charge in [0.05, 0.1) is 12.6 Å². The van der Waals surface area contributed by atoms with Crippen LogP contribution in [0.2, 0.25) is 0 Å². The highest BCUT2D eigenvalue weighted by atomic mass is 19.4. The number of hydrogen-bond donors (Lipinski definition) is 0. The van der Waals surface area contributed by atoms with E-state index in [2.05, 4.69) is 24.7 Å². The van der Waals surface area contributed by atoms with Crippen LogP contribution in [0.1, 0.15) is 36.4 Å². The Labute approximate surface area is 193 Å². The summed E-state index contributed by atoms with van der Waals surface area (Å²) in [6.45, 7) is 3.67. The molecule has 1 aliphatic carbocycles. The van der Waals surface area contributed by atoms with Crippen LogP contribution in [0.3, 0.4) is 0 Å². The minimum Gasteiger partial charge on any atom is -0.338 e. The highest BCUT2D eigenvalue weighted by Crippen LogP contribution is 2.54. The lowest BCUT2D eigenvalue weighted by molar-refractivity contribution is -0.146. The van der Waals surface area contributed by atoms with Crippen LogP contribution >= 0.6 is 0 Å². The fourth-order valence-electron chi connectivity index (χ4n) is 5.80. The van der Waals surface area contributed by atoms with Crippen molar-refractivity contribution in [2.24, 2.45) is 10.8 Å². The highest BCUT2D eigenvalue weighted by Gasteiger charge is 2.58. The largest absolute Gasteiger partial charge is 0.455 e. The summed E-state index contributed by atoms with van der Waals surface area (Å²) >= 11 is 0. The molecule has 5 heterocycles. The van der Waals surface area contributed by atoms with Crippen LogP contribution in [0.5, 0.6) is 0 Å². The number of halogens is 6. The molecule has 0 bridgehead atoms. The van der Waals surface area contributed by atoms with E-state index >= 15 is 0 Å². The third-order valence-electron chi connectivity index (χ3n) is 7.32. The molecule has 1 saturated carbocycles. The number of carbonyl (C=O) groups is 1. The summed E-state index contributed by atoms with van der Waals surface area (Å²) in [6, 6.07) is -0.204. The Morgan fingerprint density at radius 3 is 2.09 bits per heavy atom. The van der Waals surface area contributed by atoms with Gasteiger partial charge in [0, 0.05) is 50.1 Å². The second kappa shape index (κ2) is 7.07. The Kier molecular flexibility index (Phi) is 4.56. The molecule has 0 unspecified atom stereocenters. The van der Waals surface area contributed by atoms with Crippen molar-refractivity contribution in [3.8, 4) is 0 Å². The minimum atomic E-state index is -4.64. The van der Waals surface area contributed by atoms with Crippen molar-refractivity contribution in [1.29, 1.82) is 0 Å². The zero-order chi connectivity index (χ0) is 24.8. The normalized spacial score (nSPS) is 23.7. The number of carbonyl (C=O) groups excluding carboxylic acids is 1. The molecule has 4 fully saturated rings. The maximum absolute atomic E-state index is 12.7. The molecule has 0 N–H and O–H groups in total. The Bertz CT molecular complexity index is 1130. The second-order valence-electron chi connectivity index (χ2n) is 10.3. The lowest BCUT2D eigenvalue weighted by atomic mass is 9.60. The molecule has 0 atom stereocenters. The van der Waals surface area contributed by atoms with E-state index in [4.69, 9.17) is 0 Å². The summed E-state index contributed by atoms with van der Waals surface area (Å²) in [6.07, 6.45) is -6.79. The average molecular weight is 506 g/mol. The van der Waals surface area contributed by atoms with Gasteiger partial charge in [0.2, 0.25) is 5.89 Å². The Hall–Kier alpha value is -2.91. The van der Waals surface area contributed by atoms with Crippen LogP contribution in [0.4, 0.5) is 31.1 Å². The standard InChI is InChI=1S/C19H20F6N8O2/c20-18(21,22)13-26-10-33(28-13)11-1-16(2-11)6-31(7-16)15(34)32-8-17(9-32)4-30(5-17)3-12-27-14(29-35-12)19(23,24)25/h10-11H,1-9H2. The number of rotatable bonds is 3. The predicted octanol–water partition coefficient (Wildman–Crippen LogP) is 2.27. The monoisotopic (exact) mass is 506 g/mol. The van der Waals surface area contributed by atoms with E-state index in [-0.39, 0.29) is 35.3 Å². The highest BCUT2D eigenvalue weighted by molar-refractivity contribution is 5.77. The molecule has 2 aromatic heterocycles. The molecule has 6 rings (SSSR count). The first-order valence-corrected chi connectivity index (χ1v) is 11.0. The van der Waals surface area contributed by atoms with Gasteiger partial charge < -0.3 is 14.3 Å². The van der Waals surface area contributed by atoms with Gasteiger partial charge in [-0.1, -0.05) is 5.16 Å². The summed E-state index contributed by atoms with van der Waals surface area (Å²) in [5.74, 6) is -2.53. The van der Waals surface area contributed by atoms with Crippen LogP contribution in [0, 0.1) is 10.8 Å². The summed E-state index contributed by atoms with van der Waals surface area (Å²) in [7, 11) is 0. The molecule has 2 aromatic rings. The van der Waals surface area contributed by atoms with Gasteiger partial charge in [-0.05, 0) is 12.8 Å². The van der Waals surface area contributed by atoms with Crippen molar-refractivity contribution in [3.63, 3.8) is 0 Å². The Balaban J connectivity index is 0.926. The molecule has 35 heavy (non-hydrogen) atoms. The number of likely N-dealkylation sites (tertiary alicyclic amines) is 3. The first-order chi connectivity index (χ1) is 16.3. The van der Waals surface area contributed by atoms with Crippen molar-refractivity contribution < 1.29 is 35.7 Å². The fourth-order valence-corrected chi connectivity index (χ4v) is 5.80. The SMILES string of the molecule is O=C(N1CC2(CC(n3cnc(C(F)(F)F)n3)C2)C1)N1CC2(CN(Cc3nc(C(F)(F)F)no3)C2)C1. The molecule has 10 nitrogen and oxygen atoms in total. The number of hydrogen-bond acceptors (Lipinski definition) is 7. The minimum absolute atomic E-state index is 0.0596. The number of amides is 2. The van der Waals surface area contributed by atoms with Gasteiger partial charge in [0.1, 0.15) is 6.33 Å². The Morgan fingerprint density at radius 2 is 1.54 bits per heavy atom. The smallest absolute Gasteiger partial charge is 0.338 e. The molecular formula is C19H20F6N8O2. The van der Waals surface area contributed by atoms with Crippen molar-refractivity contribution >= 4 is 6.03 Å².